The molecule has 0 atom stereocenters. The minimum absolute atomic E-state index is 0.0741. The van der Waals surface area contributed by atoms with E-state index in [-0.39, 0.29) is 17.9 Å². The van der Waals surface area contributed by atoms with Crippen molar-refractivity contribution in [1.29, 1.82) is 0 Å². The summed E-state index contributed by atoms with van der Waals surface area (Å²) in [5, 5.41) is 0. The first-order valence-electron chi connectivity index (χ1n) is 9.40. The van der Waals surface area contributed by atoms with Gasteiger partial charge in [0, 0.05) is 25.0 Å². The Labute approximate surface area is 184 Å². The van der Waals surface area contributed by atoms with E-state index < -0.39 is 15.7 Å². The van der Waals surface area contributed by atoms with Crippen LogP contribution in [-0.4, -0.2) is 44.6 Å². The first-order valence-corrected chi connectivity index (χ1v) is 13.3. The molecule has 0 aliphatic heterocycles. The molecule has 0 aliphatic carbocycles. The Morgan fingerprint density at radius 3 is 2.67 bits per heavy atom. The molecule has 30 heavy (non-hydrogen) atoms. The molecule has 0 N–H and O–H groups in total. The van der Waals surface area contributed by atoms with Crippen molar-refractivity contribution in [3.8, 4) is 0 Å². The van der Waals surface area contributed by atoms with E-state index >= 15 is 0 Å². The number of carbonyl (C=O) groups excluding carboxylic acids is 1. The molecule has 2 aromatic carbocycles. The third kappa shape index (κ3) is 6.04. The molecule has 0 saturated heterocycles. The zero-order valence-electron chi connectivity index (χ0n) is 16.9. The van der Waals surface area contributed by atoms with Gasteiger partial charge in [-0.1, -0.05) is 41.7 Å². The van der Waals surface area contributed by atoms with Gasteiger partial charge in [0.05, 0.1) is 28.3 Å². The molecule has 0 spiro atoms. The molecule has 1 aromatic heterocycles. The monoisotopic (exact) mass is 464 g/mol. The van der Waals surface area contributed by atoms with Crippen molar-refractivity contribution < 1.29 is 17.9 Å². The highest BCUT2D eigenvalue weighted by atomic mass is 32.2. The van der Waals surface area contributed by atoms with Crippen LogP contribution in [0.4, 0.5) is 0 Å². The molecular formula is C21H24N2O4S3. The van der Waals surface area contributed by atoms with Gasteiger partial charge in [-0.05, 0) is 30.0 Å². The maximum Gasteiger partial charge on any atom is 0.249 e. The summed E-state index contributed by atoms with van der Waals surface area (Å²) in [5.74, 6) is -0.728. The van der Waals surface area contributed by atoms with Crippen molar-refractivity contribution in [3.05, 3.63) is 58.9 Å². The minimum Gasteiger partial charge on any atom is -0.383 e. The SMILES string of the molecule is COCCn1c(=NC(=O)CCS(=O)(=O)Cc2ccccc2)sc2cc(SC)ccc21. The molecule has 160 valence electrons. The molecule has 0 aliphatic rings. The molecule has 0 unspecified atom stereocenters. The van der Waals surface area contributed by atoms with Gasteiger partial charge in [-0.3, -0.25) is 4.79 Å². The van der Waals surface area contributed by atoms with Crippen LogP contribution in [0.3, 0.4) is 0 Å². The van der Waals surface area contributed by atoms with Crippen LogP contribution in [-0.2, 0) is 31.7 Å². The first kappa shape index (κ1) is 22.7. The van der Waals surface area contributed by atoms with Crippen LogP contribution in [0.1, 0.15) is 12.0 Å². The number of methoxy groups -OCH3 is 1. The summed E-state index contributed by atoms with van der Waals surface area (Å²) in [4.78, 5) is 18.4. The van der Waals surface area contributed by atoms with Gasteiger partial charge in [0.25, 0.3) is 0 Å². The van der Waals surface area contributed by atoms with Crippen LogP contribution < -0.4 is 4.80 Å². The van der Waals surface area contributed by atoms with Gasteiger partial charge in [-0.25, -0.2) is 8.42 Å². The Hall–Kier alpha value is -1.94. The van der Waals surface area contributed by atoms with Gasteiger partial charge in [0.15, 0.2) is 14.6 Å². The fourth-order valence-corrected chi connectivity index (χ4v) is 5.93. The quantitative estimate of drug-likeness (QED) is 0.453. The molecule has 0 bridgehead atoms. The number of amides is 1. The summed E-state index contributed by atoms with van der Waals surface area (Å²) in [6.45, 7) is 1.05. The number of aromatic nitrogens is 1. The highest BCUT2D eigenvalue weighted by Gasteiger charge is 2.15. The van der Waals surface area contributed by atoms with E-state index in [1.54, 1.807) is 43.1 Å². The Bertz CT molecular complexity index is 1180. The number of thiazole rings is 1. The lowest BCUT2D eigenvalue weighted by Crippen LogP contribution is -2.20. The number of rotatable bonds is 9. The van der Waals surface area contributed by atoms with Crippen LogP contribution in [0.2, 0.25) is 0 Å². The Balaban J connectivity index is 1.80. The third-order valence-electron chi connectivity index (χ3n) is 4.49. The second-order valence-corrected chi connectivity index (χ2v) is 10.8. The Kier molecular flexibility index (Phi) is 7.87. The van der Waals surface area contributed by atoms with Crippen molar-refractivity contribution in [1.82, 2.24) is 4.57 Å². The molecule has 0 saturated carbocycles. The van der Waals surface area contributed by atoms with Gasteiger partial charge in [-0.2, -0.15) is 4.99 Å². The average molecular weight is 465 g/mol. The normalized spacial score (nSPS) is 12.5. The fourth-order valence-electron chi connectivity index (χ4n) is 2.97. The van der Waals surface area contributed by atoms with E-state index in [2.05, 4.69) is 11.1 Å². The number of thioether (sulfide) groups is 1. The molecule has 0 fully saturated rings. The van der Waals surface area contributed by atoms with Gasteiger partial charge in [0.2, 0.25) is 5.91 Å². The third-order valence-corrected chi connectivity index (χ3v) is 7.85. The van der Waals surface area contributed by atoms with E-state index in [0.29, 0.717) is 23.5 Å². The minimum atomic E-state index is -3.39. The highest BCUT2D eigenvalue weighted by Crippen LogP contribution is 2.24. The summed E-state index contributed by atoms with van der Waals surface area (Å²) >= 11 is 3.08. The average Bonchev–Trinajstić information content (AvgIpc) is 3.07. The highest BCUT2D eigenvalue weighted by molar-refractivity contribution is 7.98. The topological polar surface area (TPSA) is 77.7 Å². The van der Waals surface area contributed by atoms with E-state index in [4.69, 9.17) is 4.74 Å². The number of benzene rings is 2. The number of fused-ring (bicyclic) bond motifs is 1. The van der Waals surface area contributed by atoms with Gasteiger partial charge < -0.3 is 9.30 Å². The number of carbonyl (C=O) groups is 1. The number of ether oxygens (including phenoxy) is 1. The molecule has 1 heterocycles. The lowest BCUT2D eigenvalue weighted by molar-refractivity contribution is -0.117. The molecule has 6 nitrogen and oxygen atoms in total. The van der Waals surface area contributed by atoms with Gasteiger partial charge in [0.1, 0.15) is 0 Å². The zero-order chi connectivity index (χ0) is 21.6. The smallest absolute Gasteiger partial charge is 0.249 e. The number of hydrogen-bond donors (Lipinski definition) is 0. The number of nitrogens with zero attached hydrogens (tertiary/aromatic N) is 2. The van der Waals surface area contributed by atoms with Crippen molar-refractivity contribution in [2.75, 3.05) is 25.7 Å². The molecule has 9 heteroatoms. The maximum atomic E-state index is 12.5. The van der Waals surface area contributed by atoms with Crippen molar-refractivity contribution >= 4 is 49.1 Å². The van der Waals surface area contributed by atoms with Crippen LogP contribution in [0.25, 0.3) is 10.2 Å². The number of hydrogen-bond acceptors (Lipinski definition) is 6. The summed E-state index contributed by atoms with van der Waals surface area (Å²) < 4.78 is 32.9. The summed E-state index contributed by atoms with van der Waals surface area (Å²) in [6.07, 6.45) is 1.88. The molecule has 3 rings (SSSR count). The van der Waals surface area contributed by atoms with Crippen molar-refractivity contribution in [2.45, 2.75) is 23.6 Å². The van der Waals surface area contributed by atoms with Crippen LogP contribution >= 0.6 is 23.1 Å². The predicted octanol–water partition coefficient (Wildman–Crippen LogP) is 3.50. The van der Waals surface area contributed by atoms with Crippen molar-refractivity contribution in [2.24, 2.45) is 4.99 Å². The Morgan fingerprint density at radius 1 is 1.20 bits per heavy atom. The molecule has 1 amide bonds. The predicted molar refractivity (Wildman–Crippen MR) is 123 cm³/mol. The maximum absolute atomic E-state index is 12.5. The van der Waals surface area contributed by atoms with Gasteiger partial charge in [-0.15, -0.1) is 11.8 Å². The van der Waals surface area contributed by atoms with E-state index in [9.17, 15) is 13.2 Å². The largest absolute Gasteiger partial charge is 0.383 e. The molecular weight excluding hydrogens is 440 g/mol. The Morgan fingerprint density at radius 2 is 1.97 bits per heavy atom. The van der Waals surface area contributed by atoms with Crippen LogP contribution in [0.5, 0.6) is 0 Å². The molecule has 3 aromatic rings. The summed E-state index contributed by atoms with van der Waals surface area (Å²) in [5.41, 5.74) is 1.70. The van der Waals surface area contributed by atoms with Crippen LogP contribution in [0, 0.1) is 0 Å². The molecule has 0 radical (unpaired) electrons. The summed E-state index contributed by atoms with van der Waals surface area (Å²) in [6, 6.07) is 15.1. The van der Waals surface area contributed by atoms with Crippen molar-refractivity contribution in [3.63, 3.8) is 0 Å². The van der Waals surface area contributed by atoms with E-state index in [1.165, 1.54) is 11.3 Å². The van der Waals surface area contributed by atoms with E-state index in [1.807, 2.05) is 29.0 Å². The number of sulfone groups is 1. The lowest BCUT2D eigenvalue weighted by Gasteiger charge is -2.05. The van der Waals surface area contributed by atoms with Crippen LogP contribution in [0.15, 0.2) is 58.4 Å². The summed E-state index contributed by atoms with van der Waals surface area (Å²) in [7, 11) is -1.76. The second-order valence-electron chi connectivity index (χ2n) is 6.70. The standard InChI is InChI=1S/C21H24N2O4S3/c1-27-12-11-23-18-9-8-17(28-2)14-19(18)29-21(23)22-20(24)10-13-30(25,26)15-16-6-4-3-5-7-16/h3-9,14H,10-13,15H2,1-2H3. The van der Waals surface area contributed by atoms with E-state index in [0.717, 1.165) is 15.1 Å². The lowest BCUT2D eigenvalue weighted by atomic mass is 10.2. The zero-order valence-corrected chi connectivity index (χ0v) is 19.4. The fraction of sp³-hybridized carbons (Fsp3) is 0.333. The van der Waals surface area contributed by atoms with Gasteiger partial charge >= 0.3 is 0 Å². The second kappa shape index (κ2) is 10.4. The first-order chi connectivity index (χ1) is 14.4.